The fraction of sp³-hybridized carbons (Fsp3) is 0.833. The zero-order valence-corrected chi connectivity index (χ0v) is 6.38. The minimum atomic E-state index is 0.192. The largest absolute Gasteiger partial charge is 0.328 e. The van der Waals surface area contributed by atoms with Crippen molar-refractivity contribution in [3.8, 4) is 0 Å². The second-order valence-electron chi connectivity index (χ2n) is 2.38. The third-order valence-corrected chi connectivity index (χ3v) is 1.01. The Bertz CT molecular complexity index is 83.1. The number of carbonyl (C=O) groups excluding carboxylic acids is 1. The highest BCUT2D eigenvalue weighted by Gasteiger charge is 2.07. The molecule has 0 atom stereocenters. The second-order valence-corrected chi connectivity index (χ2v) is 2.38. The molecule has 0 bridgehead atoms. The predicted molar refractivity (Wildman–Crippen MR) is 36.4 cm³/mol. The smallest absolute Gasteiger partial charge is 0.265 e. The molecular weight excluding hydrogens is 116 g/mol. The van der Waals surface area contributed by atoms with Crippen LogP contribution < -0.4 is 0 Å². The van der Waals surface area contributed by atoms with E-state index in [1.807, 2.05) is 34.4 Å². The van der Waals surface area contributed by atoms with Crippen LogP contribution in [0.5, 0.6) is 0 Å². The van der Waals surface area contributed by atoms with Crippen LogP contribution in [-0.2, 0) is 4.79 Å². The molecular formula is C6H13N2O. The van der Waals surface area contributed by atoms with Crippen LogP contribution in [0.3, 0.4) is 0 Å². The van der Waals surface area contributed by atoms with E-state index in [-0.39, 0.29) is 6.04 Å². The Balaban J connectivity index is 3.82. The molecule has 0 aromatic heterocycles. The molecule has 0 unspecified atom stereocenters. The van der Waals surface area contributed by atoms with Gasteiger partial charge < -0.3 is 0 Å². The molecule has 0 rings (SSSR count). The van der Waals surface area contributed by atoms with Crippen LogP contribution in [0.1, 0.15) is 13.8 Å². The summed E-state index contributed by atoms with van der Waals surface area (Å²) in [5.74, 6) is 0. The van der Waals surface area contributed by atoms with Crippen LogP contribution in [0.15, 0.2) is 0 Å². The summed E-state index contributed by atoms with van der Waals surface area (Å²) in [4.78, 5) is 10.1. The van der Waals surface area contributed by atoms with Gasteiger partial charge in [-0.05, 0) is 13.8 Å². The number of rotatable bonds is 3. The molecule has 0 aliphatic carbocycles. The van der Waals surface area contributed by atoms with Gasteiger partial charge in [0.15, 0.2) is 0 Å². The predicted octanol–water partition coefficient (Wildman–Crippen LogP) is 0.241. The topological polar surface area (TPSA) is 23.6 Å². The first-order valence-electron chi connectivity index (χ1n) is 2.94. The lowest BCUT2D eigenvalue weighted by Crippen LogP contribution is -2.40. The molecule has 0 spiro atoms. The van der Waals surface area contributed by atoms with Crippen molar-refractivity contribution in [2.24, 2.45) is 0 Å². The van der Waals surface area contributed by atoms with Crippen LogP contribution in [0.4, 0.5) is 0 Å². The van der Waals surface area contributed by atoms with E-state index in [0.29, 0.717) is 0 Å². The molecule has 0 aromatic carbocycles. The van der Waals surface area contributed by atoms with E-state index in [4.69, 9.17) is 0 Å². The van der Waals surface area contributed by atoms with Crippen LogP contribution in [-0.4, -0.2) is 36.6 Å². The van der Waals surface area contributed by atoms with E-state index in [1.165, 1.54) is 5.01 Å². The minimum absolute atomic E-state index is 0.192. The van der Waals surface area contributed by atoms with E-state index in [9.17, 15) is 4.79 Å². The molecule has 0 saturated heterocycles. The van der Waals surface area contributed by atoms with Gasteiger partial charge in [0.2, 0.25) is 0 Å². The van der Waals surface area contributed by atoms with Crippen molar-refractivity contribution in [3.63, 3.8) is 0 Å². The number of hydrogen-bond donors (Lipinski definition) is 0. The Hall–Kier alpha value is -0.570. The normalized spacial score (nSPS) is 10.4. The maximum absolute atomic E-state index is 10.1. The molecule has 9 heavy (non-hydrogen) atoms. The fourth-order valence-corrected chi connectivity index (χ4v) is 0.649. The van der Waals surface area contributed by atoms with Crippen LogP contribution >= 0.6 is 0 Å². The second kappa shape index (κ2) is 3.45. The average molecular weight is 129 g/mol. The van der Waals surface area contributed by atoms with Crippen LogP contribution in [0.2, 0.25) is 0 Å². The van der Waals surface area contributed by atoms with Gasteiger partial charge >= 0.3 is 6.41 Å². The Labute approximate surface area is 56.2 Å². The molecule has 0 aromatic rings. The third kappa shape index (κ3) is 2.46. The Morgan fingerprint density at radius 1 is 1.33 bits per heavy atom. The maximum Gasteiger partial charge on any atom is 0.328 e. The Kier molecular flexibility index (Phi) is 3.24. The van der Waals surface area contributed by atoms with Gasteiger partial charge in [0.1, 0.15) is 0 Å². The first kappa shape index (κ1) is 8.43. The summed E-state index contributed by atoms with van der Waals surface area (Å²) in [5.41, 5.74) is 0. The van der Waals surface area contributed by atoms with Crippen LogP contribution in [0, 0.1) is 0 Å². The molecule has 0 aliphatic rings. The minimum Gasteiger partial charge on any atom is -0.265 e. The maximum atomic E-state index is 10.1. The number of hydrogen-bond acceptors (Lipinski definition) is 2. The standard InChI is InChI=1S/C6H13N2O/c1-6(2)8(5-9)7(3)4/h6H,1-4H3. The van der Waals surface area contributed by atoms with Crippen LogP contribution in [0.25, 0.3) is 0 Å². The van der Waals surface area contributed by atoms with E-state index < -0.39 is 0 Å². The van der Waals surface area contributed by atoms with Gasteiger partial charge in [0.05, 0.1) is 0 Å². The first-order chi connectivity index (χ1) is 4.09. The SMILES string of the molecule is CC(C)N([C]=O)N(C)C. The van der Waals surface area contributed by atoms with Gasteiger partial charge in [0, 0.05) is 20.1 Å². The zero-order chi connectivity index (χ0) is 7.44. The van der Waals surface area contributed by atoms with E-state index >= 15 is 0 Å². The zero-order valence-electron chi connectivity index (χ0n) is 6.38. The highest BCUT2D eigenvalue weighted by atomic mass is 16.1. The average Bonchev–Trinajstić information content (AvgIpc) is 1.64. The molecule has 0 fully saturated rings. The van der Waals surface area contributed by atoms with Crippen molar-refractivity contribution in [2.75, 3.05) is 14.1 Å². The summed E-state index contributed by atoms with van der Waals surface area (Å²) in [6.45, 7) is 3.87. The lowest BCUT2D eigenvalue weighted by molar-refractivity contribution is 0.0733. The van der Waals surface area contributed by atoms with Gasteiger partial charge in [-0.2, -0.15) is 0 Å². The van der Waals surface area contributed by atoms with Crippen molar-refractivity contribution in [2.45, 2.75) is 19.9 Å². The van der Waals surface area contributed by atoms with Crippen molar-refractivity contribution in [3.05, 3.63) is 0 Å². The van der Waals surface area contributed by atoms with Gasteiger partial charge in [-0.1, -0.05) is 0 Å². The molecule has 1 radical (unpaired) electrons. The molecule has 3 heteroatoms. The van der Waals surface area contributed by atoms with Crippen molar-refractivity contribution in [1.29, 1.82) is 0 Å². The molecule has 0 N–H and O–H groups in total. The monoisotopic (exact) mass is 129 g/mol. The first-order valence-corrected chi connectivity index (χ1v) is 2.94. The lowest BCUT2D eigenvalue weighted by atomic mass is 10.4. The van der Waals surface area contributed by atoms with Gasteiger partial charge in [-0.25, -0.2) is 5.01 Å². The fourth-order valence-electron chi connectivity index (χ4n) is 0.649. The highest BCUT2D eigenvalue weighted by molar-refractivity contribution is 5.47. The summed E-state index contributed by atoms with van der Waals surface area (Å²) in [7, 11) is 3.62. The van der Waals surface area contributed by atoms with Gasteiger partial charge in [-0.15, -0.1) is 0 Å². The van der Waals surface area contributed by atoms with E-state index in [0.717, 1.165) is 0 Å². The van der Waals surface area contributed by atoms with Gasteiger partial charge in [0.25, 0.3) is 0 Å². The molecule has 0 heterocycles. The number of amides is 1. The molecule has 0 saturated carbocycles. The van der Waals surface area contributed by atoms with E-state index in [1.54, 1.807) is 5.01 Å². The van der Waals surface area contributed by atoms with Crippen molar-refractivity contribution < 1.29 is 4.79 Å². The van der Waals surface area contributed by atoms with Crippen molar-refractivity contribution >= 4 is 6.41 Å². The highest BCUT2D eigenvalue weighted by Crippen LogP contribution is 1.94. The lowest BCUT2D eigenvalue weighted by Gasteiger charge is -2.26. The summed E-state index contributed by atoms with van der Waals surface area (Å²) >= 11 is 0. The summed E-state index contributed by atoms with van der Waals surface area (Å²) in [5, 5.41) is 3.19. The quantitative estimate of drug-likeness (QED) is 0.402. The molecule has 3 nitrogen and oxygen atoms in total. The Morgan fingerprint density at radius 3 is 1.78 bits per heavy atom. The summed E-state index contributed by atoms with van der Waals surface area (Å²) < 4.78 is 0. The molecule has 0 aliphatic heterocycles. The summed E-state index contributed by atoms with van der Waals surface area (Å²) in [6, 6.07) is 0.192. The third-order valence-electron chi connectivity index (χ3n) is 1.01. The number of nitrogens with zero attached hydrogens (tertiary/aromatic N) is 2. The Morgan fingerprint density at radius 2 is 1.78 bits per heavy atom. The van der Waals surface area contributed by atoms with Gasteiger partial charge in [-0.3, -0.25) is 9.80 Å². The molecule has 1 amide bonds. The van der Waals surface area contributed by atoms with Crippen molar-refractivity contribution in [1.82, 2.24) is 10.0 Å². The molecule has 53 valence electrons. The summed E-state index contributed by atoms with van der Waals surface area (Å²) in [6.07, 6.45) is 1.81. The van der Waals surface area contributed by atoms with E-state index in [2.05, 4.69) is 0 Å². The number of hydrazine groups is 1.